The summed E-state index contributed by atoms with van der Waals surface area (Å²) < 4.78 is 0. The van der Waals surface area contributed by atoms with Crippen molar-refractivity contribution >= 4 is 18.4 Å². The van der Waals surface area contributed by atoms with Crippen LogP contribution in [0, 0.1) is 0 Å². The van der Waals surface area contributed by atoms with E-state index < -0.39 is 8.07 Å². The van der Waals surface area contributed by atoms with Crippen molar-refractivity contribution in [2.45, 2.75) is 13.1 Å². The summed E-state index contributed by atoms with van der Waals surface area (Å²) in [7, 11) is -2.12. The third-order valence-corrected chi connectivity index (χ3v) is 16.1. The Kier molecular flexibility index (Phi) is 9.68. The highest BCUT2D eigenvalue weighted by Crippen LogP contribution is 2.38. The van der Waals surface area contributed by atoms with E-state index >= 15 is 0 Å². The van der Waals surface area contributed by atoms with E-state index in [1.807, 2.05) is 0 Å². The molecule has 1 aliphatic heterocycles. The topological polar surface area (TPSA) is 25.8 Å². The predicted molar refractivity (Wildman–Crippen MR) is 268 cm³/mol. The molecule has 63 heavy (non-hydrogen) atoms. The van der Waals surface area contributed by atoms with Crippen LogP contribution in [0.4, 0.5) is 0 Å². The first kappa shape index (κ1) is 38.2. The van der Waals surface area contributed by atoms with Gasteiger partial charge in [-0.15, -0.1) is 0 Å². The minimum atomic E-state index is -2.12. The molecule has 0 fully saturated rings. The molecule has 3 heteroatoms. The monoisotopic (exact) mass is 820 g/mol. The van der Waals surface area contributed by atoms with Crippen LogP contribution >= 0.6 is 0 Å². The number of aromatic nitrogens is 2. The molecule has 0 bridgehead atoms. The summed E-state index contributed by atoms with van der Waals surface area (Å²) in [6, 6.07) is 83.2. The van der Waals surface area contributed by atoms with Crippen molar-refractivity contribution in [3.05, 3.63) is 231 Å². The fourth-order valence-electron chi connectivity index (χ4n) is 9.41. The van der Waals surface area contributed by atoms with E-state index in [1.54, 1.807) is 0 Å². The molecule has 10 aromatic rings. The van der Waals surface area contributed by atoms with Crippen molar-refractivity contribution in [3.8, 4) is 101 Å². The normalized spacial score (nSPS) is 12.4. The Morgan fingerprint density at radius 1 is 0.270 bits per heavy atom. The van der Waals surface area contributed by atoms with Gasteiger partial charge in [0, 0.05) is 11.1 Å². The van der Waals surface area contributed by atoms with E-state index in [4.69, 9.17) is 9.97 Å². The van der Waals surface area contributed by atoms with Gasteiger partial charge >= 0.3 is 0 Å². The van der Waals surface area contributed by atoms with Crippen LogP contribution in [-0.2, 0) is 0 Å². The Morgan fingerprint density at radius 2 is 0.587 bits per heavy atom. The summed E-state index contributed by atoms with van der Waals surface area (Å²) in [6.45, 7) is 4.89. The number of fused-ring (bicyclic) bond motifs is 3. The Bertz CT molecular complexity index is 3240. The molecular formula is C60H44N2Si. The summed E-state index contributed by atoms with van der Waals surface area (Å²) >= 11 is 0. The molecule has 0 N–H and O–H groups in total. The molecule has 0 saturated heterocycles. The first-order valence-corrected chi connectivity index (χ1v) is 24.7. The van der Waals surface area contributed by atoms with Gasteiger partial charge in [-0.1, -0.05) is 201 Å². The molecule has 9 aromatic carbocycles. The first-order valence-electron chi connectivity index (χ1n) is 21.7. The zero-order valence-electron chi connectivity index (χ0n) is 35.3. The zero-order chi connectivity index (χ0) is 42.3. The van der Waals surface area contributed by atoms with Gasteiger partial charge < -0.3 is 0 Å². The van der Waals surface area contributed by atoms with Gasteiger partial charge in [0.15, 0.2) is 5.82 Å². The molecule has 1 aliphatic rings. The highest BCUT2D eigenvalue weighted by atomic mass is 28.3. The molecule has 2 nitrogen and oxygen atoms in total. The van der Waals surface area contributed by atoms with Crippen molar-refractivity contribution < 1.29 is 0 Å². The van der Waals surface area contributed by atoms with Crippen LogP contribution in [0.2, 0.25) is 13.1 Å². The van der Waals surface area contributed by atoms with Crippen molar-refractivity contribution in [1.82, 2.24) is 9.97 Å². The molecule has 0 unspecified atom stereocenters. The molecule has 0 spiro atoms. The SMILES string of the molecule is C[Si]1(C)c2ccccc2-c2nc(-c3cccc(-c4cccc(-c5cccc(-c6cc(-c7ccccc7)cc(-c7ccccc7)c6)c5)c4)c3)nc(-c3cccc(-c4ccccc4)c3)c21. The minimum Gasteiger partial charge on any atom is -0.228 e. The van der Waals surface area contributed by atoms with Gasteiger partial charge in [0.05, 0.1) is 11.4 Å². The number of benzene rings is 9. The van der Waals surface area contributed by atoms with Crippen molar-refractivity contribution in [2.24, 2.45) is 0 Å². The lowest BCUT2D eigenvalue weighted by Crippen LogP contribution is -2.50. The lowest BCUT2D eigenvalue weighted by Gasteiger charge is -2.22. The molecule has 0 amide bonds. The largest absolute Gasteiger partial charge is 0.228 e. The second kappa shape index (κ2) is 16.0. The van der Waals surface area contributed by atoms with Gasteiger partial charge in [-0.2, -0.15) is 0 Å². The maximum absolute atomic E-state index is 5.51. The molecule has 0 radical (unpaired) electrons. The number of hydrogen-bond acceptors (Lipinski definition) is 2. The standard InChI is InChI=1S/C60H44N2Si/c1-63(2)56-33-13-12-32-55(56)58-59(63)57(50-30-16-24-44(36-50)41-18-6-3-7-19-41)61-60(62-58)51-31-17-28-48(37-51)46-26-14-25-45(34-46)47-27-15-29-49(35-47)54-39-52(42-20-8-4-9-21-42)38-53(40-54)43-22-10-5-11-23-43/h3-40H,1-2H3. The number of rotatable bonds is 8. The van der Waals surface area contributed by atoms with Crippen LogP contribution in [-0.4, -0.2) is 18.0 Å². The predicted octanol–water partition coefficient (Wildman–Crippen LogP) is 14.6. The van der Waals surface area contributed by atoms with Gasteiger partial charge in [-0.25, -0.2) is 9.97 Å². The van der Waals surface area contributed by atoms with Crippen LogP contribution < -0.4 is 10.4 Å². The van der Waals surface area contributed by atoms with Crippen LogP contribution in [0.15, 0.2) is 231 Å². The van der Waals surface area contributed by atoms with Crippen LogP contribution in [0.3, 0.4) is 0 Å². The maximum Gasteiger partial charge on any atom is 0.160 e. The van der Waals surface area contributed by atoms with E-state index in [1.165, 1.54) is 71.6 Å². The van der Waals surface area contributed by atoms with Gasteiger partial charge in [0.2, 0.25) is 0 Å². The van der Waals surface area contributed by atoms with Crippen molar-refractivity contribution in [3.63, 3.8) is 0 Å². The average Bonchev–Trinajstić information content (AvgIpc) is 3.60. The van der Waals surface area contributed by atoms with E-state index in [9.17, 15) is 0 Å². The quantitative estimate of drug-likeness (QED) is 0.143. The van der Waals surface area contributed by atoms with Crippen LogP contribution in [0.5, 0.6) is 0 Å². The smallest absolute Gasteiger partial charge is 0.160 e. The highest BCUT2D eigenvalue weighted by Gasteiger charge is 2.41. The molecule has 2 heterocycles. The molecular weight excluding hydrogens is 777 g/mol. The van der Waals surface area contributed by atoms with Gasteiger partial charge in [-0.05, 0) is 125 Å². The molecule has 0 aliphatic carbocycles. The highest BCUT2D eigenvalue weighted by molar-refractivity contribution is 7.04. The third kappa shape index (κ3) is 7.23. The molecule has 11 rings (SSSR count). The third-order valence-electron chi connectivity index (χ3n) is 12.6. The summed E-state index contributed by atoms with van der Waals surface area (Å²) in [6.07, 6.45) is 0. The van der Waals surface area contributed by atoms with Crippen LogP contribution in [0.25, 0.3) is 101 Å². The maximum atomic E-state index is 5.51. The average molecular weight is 821 g/mol. The molecule has 298 valence electrons. The Hall–Kier alpha value is -7.72. The molecule has 0 atom stereocenters. The number of hydrogen-bond donors (Lipinski definition) is 0. The Balaban J connectivity index is 0.979. The van der Waals surface area contributed by atoms with Crippen LogP contribution in [0.1, 0.15) is 0 Å². The lowest BCUT2D eigenvalue weighted by atomic mass is 9.91. The van der Waals surface area contributed by atoms with Gasteiger partial charge in [0.25, 0.3) is 0 Å². The van der Waals surface area contributed by atoms with E-state index in [2.05, 4.69) is 244 Å². The second-order valence-electron chi connectivity index (χ2n) is 17.0. The molecule has 1 aromatic heterocycles. The minimum absolute atomic E-state index is 0.744. The fourth-order valence-corrected chi connectivity index (χ4v) is 12.6. The Labute approximate surface area is 370 Å². The van der Waals surface area contributed by atoms with Gasteiger partial charge in [-0.3, -0.25) is 0 Å². The Morgan fingerprint density at radius 3 is 1.11 bits per heavy atom. The fraction of sp³-hybridized carbons (Fsp3) is 0.0333. The summed E-state index contributed by atoms with van der Waals surface area (Å²) in [5.74, 6) is 0.744. The lowest BCUT2D eigenvalue weighted by molar-refractivity contribution is 1.20. The van der Waals surface area contributed by atoms with Crippen molar-refractivity contribution in [2.75, 3.05) is 0 Å². The number of nitrogens with zero attached hydrogens (tertiary/aromatic N) is 2. The summed E-state index contributed by atoms with van der Waals surface area (Å²) in [4.78, 5) is 11.0. The second-order valence-corrected chi connectivity index (χ2v) is 21.3. The van der Waals surface area contributed by atoms with Crippen molar-refractivity contribution in [1.29, 1.82) is 0 Å². The van der Waals surface area contributed by atoms with Gasteiger partial charge in [0.1, 0.15) is 8.07 Å². The zero-order valence-corrected chi connectivity index (χ0v) is 36.3. The molecule has 0 saturated carbocycles. The summed E-state index contributed by atoms with van der Waals surface area (Å²) in [5.41, 5.74) is 19.7. The summed E-state index contributed by atoms with van der Waals surface area (Å²) in [5, 5.41) is 2.73. The van der Waals surface area contributed by atoms with E-state index in [0.717, 1.165) is 39.5 Å². The first-order chi connectivity index (χ1) is 31.0. The van der Waals surface area contributed by atoms with E-state index in [0.29, 0.717) is 0 Å². The van der Waals surface area contributed by atoms with E-state index in [-0.39, 0.29) is 0 Å².